The molecule has 0 aromatic heterocycles. The molecule has 0 spiro atoms. The second kappa shape index (κ2) is 10.1. The molecule has 1 amide bonds. The van der Waals surface area contributed by atoms with E-state index in [0.29, 0.717) is 19.4 Å². The first-order valence-electron chi connectivity index (χ1n) is 6.10. The van der Waals surface area contributed by atoms with Gasteiger partial charge in [0.1, 0.15) is 0 Å². The van der Waals surface area contributed by atoms with Gasteiger partial charge in [0, 0.05) is 26.7 Å². The molecule has 0 aliphatic carbocycles. The summed E-state index contributed by atoms with van der Waals surface area (Å²) in [5, 5.41) is 11.6. The summed E-state index contributed by atoms with van der Waals surface area (Å²) in [5.41, 5.74) is 0. The number of carboxylic acids is 1. The third-order valence-corrected chi connectivity index (χ3v) is 2.53. The molecule has 100 valence electrons. The van der Waals surface area contributed by atoms with Crippen molar-refractivity contribution in [3.05, 3.63) is 0 Å². The van der Waals surface area contributed by atoms with Gasteiger partial charge in [0.2, 0.25) is 5.91 Å². The molecule has 0 bridgehead atoms. The lowest BCUT2D eigenvalue weighted by atomic mass is 10.0. The number of carboxylic acid groups (broad SMARTS) is 1. The van der Waals surface area contributed by atoms with Crippen molar-refractivity contribution < 1.29 is 19.4 Å². The first-order valence-corrected chi connectivity index (χ1v) is 6.10. The number of hydrogen-bond acceptors (Lipinski definition) is 3. The van der Waals surface area contributed by atoms with Crippen molar-refractivity contribution in [3.63, 3.8) is 0 Å². The van der Waals surface area contributed by atoms with Crippen LogP contribution in [0.25, 0.3) is 0 Å². The summed E-state index contributed by atoms with van der Waals surface area (Å²) in [6.45, 7) is 2.82. The minimum absolute atomic E-state index is 0.0801. The predicted octanol–water partition coefficient (Wildman–Crippen LogP) is 1.42. The Kier molecular flexibility index (Phi) is 9.43. The van der Waals surface area contributed by atoms with Crippen LogP contribution in [0.5, 0.6) is 0 Å². The lowest BCUT2D eigenvalue weighted by molar-refractivity contribution is -0.141. The maximum absolute atomic E-state index is 11.4. The highest BCUT2D eigenvalue weighted by atomic mass is 16.5. The number of ether oxygens (including phenoxy) is 1. The Hall–Kier alpha value is -1.10. The van der Waals surface area contributed by atoms with E-state index in [0.717, 1.165) is 19.3 Å². The van der Waals surface area contributed by atoms with Crippen LogP contribution in [0.4, 0.5) is 0 Å². The zero-order valence-electron chi connectivity index (χ0n) is 10.7. The number of methoxy groups -OCH3 is 1. The fourth-order valence-corrected chi connectivity index (χ4v) is 1.52. The summed E-state index contributed by atoms with van der Waals surface area (Å²) < 4.78 is 4.88. The zero-order chi connectivity index (χ0) is 13.1. The molecule has 0 aliphatic rings. The molecule has 0 fully saturated rings. The summed E-state index contributed by atoms with van der Waals surface area (Å²) in [4.78, 5) is 22.2. The van der Waals surface area contributed by atoms with Crippen molar-refractivity contribution in [3.8, 4) is 0 Å². The Morgan fingerprint density at radius 2 is 2.06 bits per heavy atom. The summed E-state index contributed by atoms with van der Waals surface area (Å²) in [6.07, 6.45) is 3.45. The summed E-state index contributed by atoms with van der Waals surface area (Å²) in [5.74, 6) is -1.39. The van der Waals surface area contributed by atoms with Gasteiger partial charge in [-0.2, -0.15) is 0 Å². The van der Waals surface area contributed by atoms with Crippen LogP contribution in [-0.4, -0.2) is 37.2 Å². The van der Waals surface area contributed by atoms with Gasteiger partial charge in [-0.15, -0.1) is 0 Å². The number of aliphatic carboxylic acids is 1. The van der Waals surface area contributed by atoms with Gasteiger partial charge in [-0.3, -0.25) is 9.59 Å². The molecule has 0 heterocycles. The average Bonchev–Trinajstić information content (AvgIpc) is 2.29. The van der Waals surface area contributed by atoms with Gasteiger partial charge in [-0.25, -0.2) is 0 Å². The maximum atomic E-state index is 11.4. The molecular weight excluding hydrogens is 222 g/mol. The number of rotatable bonds is 10. The van der Waals surface area contributed by atoms with Gasteiger partial charge < -0.3 is 15.2 Å². The van der Waals surface area contributed by atoms with Crippen molar-refractivity contribution in [1.82, 2.24) is 5.32 Å². The van der Waals surface area contributed by atoms with E-state index in [1.807, 2.05) is 6.92 Å². The van der Waals surface area contributed by atoms with E-state index in [2.05, 4.69) is 5.32 Å². The average molecular weight is 245 g/mol. The van der Waals surface area contributed by atoms with Crippen molar-refractivity contribution in [2.45, 2.75) is 39.0 Å². The molecule has 5 heteroatoms. The number of unbranched alkanes of at least 4 members (excludes halogenated alkanes) is 1. The van der Waals surface area contributed by atoms with Crippen molar-refractivity contribution in [1.29, 1.82) is 0 Å². The van der Waals surface area contributed by atoms with E-state index in [9.17, 15) is 9.59 Å². The summed E-state index contributed by atoms with van der Waals surface area (Å²) in [6, 6.07) is 0. The first kappa shape index (κ1) is 15.9. The van der Waals surface area contributed by atoms with E-state index < -0.39 is 11.9 Å². The van der Waals surface area contributed by atoms with Gasteiger partial charge in [-0.05, 0) is 19.3 Å². The minimum Gasteiger partial charge on any atom is -0.481 e. The Bertz CT molecular complexity index is 231. The van der Waals surface area contributed by atoms with Crippen LogP contribution in [0.2, 0.25) is 0 Å². The number of nitrogens with one attached hydrogen (secondary N) is 1. The van der Waals surface area contributed by atoms with Crippen molar-refractivity contribution in [2.24, 2.45) is 5.92 Å². The largest absolute Gasteiger partial charge is 0.481 e. The molecular formula is C12H23NO4. The lowest BCUT2D eigenvalue weighted by Crippen LogP contribution is -2.32. The number of amides is 1. The third kappa shape index (κ3) is 8.68. The summed E-state index contributed by atoms with van der Waals surface area (Å²) in [7, 11) is 1.63. The standard InChI is InChI=1S/C12H23NO4/c1-3-6-10(12(15)16)9-13-11(14)7-4-5-8-17-2/h10H,3-9H2,1-2H3,(H,13,14)(H,15,16). The zero-order valence-corrected chi connectivity index (χ0v) is 10.7. The first-order chi connectivity index (χ1) is 8.11. The summed E-state index contributed by atoms with van der Waals surface area (Å²) >= 11 is 0. The van der Waals surface area contributed by atoms with Crippen LogP contribution < -0.4 is 5.32 Å². The highest BCUT2D eigenvalue weighted by molar-refractivity contribution is 5.77. The van der Waals surface area contributed by atoms with Gasteiger partial charge in [0.05, 0.1) is 5.92 Å². The quantitative estimate of drug-likeness (QED) is 0.571. The molecule has 0 rings (SSSR count). The molecule has 0 saturated heterocycles. The molecule has 0 saturated carbocycles. The second-order valence-corrected chi connectivity index (χ2v) is 4.08. The topological polar surface area (TPSA) is 75.6 Å². The molecule has 0 aromatic carbocycles. The van der Waals surface area contributed by atoms with Gasteiger partial charge in [0.15, 0.2) is 0 Å². The highest BCUT2D eigenvalue weighted by Gasteiger charge is 2.16. The lowest BCUT2D eigenvalue weighted by Gasteiger charge is -2.12. The van der Waals surface area contributed by atoms with E-state index in [4.69, 9.17) is 9.84 Å². The molecule has 5 nitrogen and oxygen atoms in total. The van der Waals surface area contributed by atoms with Crippen LogP contribution in [0.15, 0.2) is 0 Å². The van der Waals surface area contributed by atoms with Crippen molar-refractivity contribution in [2.75, 3.05) is 20.3 Å². The van der Waals surface area contributed by atoms with Crippen LogP contribution in [-0.2, 0) is 14.3 Å². The number of carbonyl (C=O) groups excluding carboxylic acids is 1. The minimum atomic E-state index is -0.841. The SMILES string of the molecule is CCCC(CNC(=O)CCCCOC)C(=O)O. The normalized spacial score (nSPS) is 12.1. The Labute approximate surface area is 103 Å². The molecule has 1 unspecified atom stereocenters. The van der Waals surface area contributed by atoms with Gasteiger partial charge >= 0.3 is 5.97 Å². The van der Waals surface area contributed by atoms with Gasteiger partial charge in [-0.1, -0.05) is 13.3 Å². The second-order valence-electron chi connectivity index (χ2n) is 4.08. The third-order valence-electron chi connectivity index (χ3n) is 2.53. The van der Waals surface area contributed by atoms with E-state index in [1.165, 1.54) is 0 Å². The van der Waals surface area contributed by atoms with Crippen LogP contribution >= 0.6 is 0 Å². The molecule has 0 aliphatic heterocycles. The molecule has 0 aromatic rings. The highest BCUT2D eigenvalue weighted by Crippen LogP contribution is 2.05. The Morgan fingerprint density at radius 3 is 2.59 bits per heavy atom. The van der Waals surface area contributed by atoms with Crippen molar-refractivity contribution >= 4 is 11.9 Å². The van der Waals surface area contributed by atoms with E-state index in [1.54, 1.807) is 7.11 Å². The van der Waals surface area contributed by atoms with Gasteiger partial charge in [0.25, 0.3) is 0 Å². The maximum Gasteiger partial charge on any atom is 0.308 e. The smallest absolute Gasteiger partial charge is 0.308 e. The van der Waals surface area contributed by atoms with E-state index in [-0.39, 0.29) is 12.5 Å². The van der Waals surface area contributed by atoms with Crippen LogP contribution in [0, 0.1) is 5.92 Å². The fourth-order valence-electron chi connectivity index (χ4n) is 1.52. The predicted molar refractivity (Wildman–Crippen MR) is 64.8 cm³/mol. The molecule has 17 heavy (non-hydrogen) atoms. The molecule has 0 radical (unpaired) electrons. The van der Waals surface area contributed by atoms with Crippen LogP contribution in [0.3, 0.4) is 0 Å². The number of hydrogen-bond donors (Lipinski definition) is 2. The number of carbonyl (C=O) groups is 2. The Morgan fingerprint density at radius 1 is 1.35 bits per heavy atom. The molecule has 2 N–H and O–H groups in total. The fraction of sp³-hybridized carbons (Fsp3) is 0.833. The monoisotopic (exact) mass is 245 g/mol. The van der Waals surface area contributed by atoms with E-state index >= 15 is 0 Å². The molecule has 1 atom stereocenters. The Balaban J connectivity index is 3.69. The van der Waals surface area contributed by atoms with Crippen LogP contribution in [0.1, 0.15) is 39.0 Å².